The van der Waals surface area contributed by atoms with Gasteiger partial charge in [-0.25, -0.2) is 4.98 Å². The van der Waals surface area contributed by atoms with Crippen LogP contribution in [0.1, 0.15) is 29.3 Å². The van der Waals surface area contributed by atoms with E-state index >= 15 is 0 Å². The van der Waals surface area contributed by atoms with Gasteiger partial charge >= 0.3 is 0 Å². The molecule has 2 aromatic carbocycles. The largest absolute Gasteiger partial charge is 0.298 e. The normalized spacial score (nSPS) is 14.0. The summed E-state index contributed by atoms with van der Waals surface area (Å²) in [5, 5.41) is 2.54. The highest BCUT2D eigenvalue weighted by atomic mass is 35.5. The maximum Gasteiger partial charge on any atom is 0.267 e. The van der Waals surface area contributed by atoms with E-state index in [0.29, 0.717) is 21.0 Å². The zero-order valence-corrected chi connectivity index (χ0v) is 21.3. The number of benzene rings is 2. The molecule has 0 fully saturated rings. The molecular weight excluding hydrogens is 493 g/mol. The maximum absolute atomic E-state index is 13.9. The first-order valence-electron chi connectivity index (χ1n) is 11.0. The first-order valence-corrected chi connectivity index (χ1v) is 13.5. The molecule has 4 aromatic rings. The molecule has 4 nitrogen and oxygen atoms in total. The molecule has 0 amide bonds. The minimum absolute atomic E-state index is 0.0179. The molecule has 0 bridgehead atoms. The third-order valence-electron chi connectivity index (χ3n) is 5.83. The fourth-order valence-electron chi connectivity index (χ4n) is 4.26. The summed E-state index contributed by atoms with van der Waals surface area (Å²) in [5.41, 5.74) is 3.07. The van der Waals surface area contributed by atoms with E-state index in [1.54, 1.807) is 22.0 Å². The van der Waals surface area contributed by atoms with E-state index in [4.69, 9.17) is 28.2 Å². The van der Waals surface area contributed by atoms with E-state index < -0.39 is 0 Å². The molecule has 0 unspecified atom stereocenters. The van der Waals surface area contributed by atoms with Crippen LogP contribution in [0.4, 0.5) is 0 Å². The topological polar surface area (TPSA) is 38.1 Å². The van der Waals surface area contributed by atoms with Crippen LogP contribution in [0.3, 0.4) is 0 Å². The third-order valence-corrected chi connectivity index (χ3v) is 8.69. The van der Waals surface area contributed by atoms with Crippen LogP contribution in [0.2, 0.25) is 10.0 Å². The number of rotatable bonds is 6. The number of para-hydroxylation sites is 1. The van der Waals surface area contributed by atoms with Gasteiger partial charge in [0.25, 0.3) is 5.56 Å². The Morgan fingerprint density at radius 3 is 2.70 bits per heavy atom. The van der Waals surface area contributed by atoms with Crippen molar-refractivity contribution in [3.05, 3.63) is 84.9 Å². The van der Waals surface area contributed by atoms with E-state index in [1.165, 1.54) is 22.2 Å². The lowest BCUT2D eigenvalue weighted by atomic mass is 10.1. The maximum atomic E-state index is 13.9. The summed E-state index contributed by atoms with van der Waals surface area (Å²) in [6.45, 7) is 5.18. The van der Waals surface area contributed by atoms with Crippen molar-refractivity contribution in [1.29, 1.82) is 0 Å². The molecule has 2 aromatic heterocycles. The number of aromatic nitrogens is 2. The van der Waals surface area contributed by atoms with Gasteiger partial charge in [0, 0.05) is 23.7 Å². The summed E-state index contributed by atoms with van der Waals surface area (Å²) in [4.78, 5) is 23.5. The number of thioether (sulfide) groups is 1. The molecule has 5 rings (SSSR count). The van der Waals surface area contributed by atoms with Crippen LogP contribution >= 0.6 is 46.3 Å². The molecule has 0 spiro atoms. The number of halogens is 2. The van der Waals surface area contributed by atoms with Gasteiger partial charge in [-0.15, -0.1) is 11.3 Å². The Labute approximate surface area is 211 Å². The smallest absolute Gasteiger partial charge is 0.267 e. The molecule has 0 N–H and O–H groups in total. The van der Waals surface area contributed by atoms with E-state index in [0.717, 1.165) is 53.9 Å². The second kappa shape index (κ2) is 9.80. The van der Waals surface area contributed by atoms with Crippen molar-refractivity contribution in [2.24, 2.45) is 0 Å². The van der Waals surface area contributed by atoms with Crippen molar-refractivity contribution in [3.8, 4) is 5.69 Å². The Bertz CT molecular complexity index is 1370. The van der Waals surface area contributed by atoms with Gasteiger partial charge < -0.3 is 0 Å². The van der Waals surface area contributed by atoms with Gasteiger partial charge in [0.2, 0.25) is 0 Å². The summed E-state index contributed by atoms with van der Waals surface area (Å²) >= 11 is 15.5. The molecule has 8 heteroatoms. The van der Waals surface area contributed by atoms with Gasteiger partial charge in [-0.05, 0) is 54.8 Å². The zero-order chi connectivity index (χ0) is 22.9. The number of hydrogen-bond donors (Lipinski definition) is 0. The Morgan fingerprint density at radius 1 is 1.12 bits per heavy atom. The lowest BCUT2D eigenvalue weighted by Gasteiger charge is -2.26. The van der Waals surface area contributed by atoms with Crippen molar-refractivity contribution >= 4 is 56.5 Å². The van der Waals surface area contributed by atoms with Crippen molar-refractivity contribution in [1.82, 2.24) is 14.5 Å². The third kappa shape index (κ3) is 4.60. The molecule has 0 aliphatic carbocycles. The molecule has 170 valence electrons. The van der Waals surface area contributed by atoms with Gasteiger partial charge in [-0.3, -0.25) is 14.3 Å². The van der Waals surface area contributed by atoms with Gasteiger partial charge in [0.15, 0.2) is 5.16 Å². The average molecular weight is 517 g/mol. The van der Waals surface area contributed by atoms with Crippen LogP contribution < -0.4 is 5.56 Å². The highest BCUT2D eigenvalue weighted by molar-refractivity contribution is 7.98. The highest BCUT2D eigenvalue weighted by Crippen LogP contribution is 2.35. The summed E-state index contributed by atoms with van der Waals surface area (Å²) in [6, 6.07) is 15.4. The molecule has 33 heavy (non-hydrogen) atoms. The second-order valence-corrected chi connectivity index (χ2v) is 11.0. The first kappa shape index (κ1) is 22.9. The van der Waals surface area contributed by atoms with E-state index in [9.17, 15) is 4.79 Å². The minimum atomic E-state index is 0.0179. The second-order valence-electron chi connectivity index (χ2n) is 8.12. The average Bonchev–Trinajstić information content (AvgIpc) is 3.18. The summed E-state index contributed by atoms with van der Waals surface area (Å²) < 4.78 is 1.76. The van der Waals surface area contributed by atoms with Crippen molar-refractivity contribution in [2.45, 2.75) is 37.2 Å². The quantitative estimate of drug-likeness (QED) is 0.208. The monoisotopic (exact) mass is 515 g/mol. The van der Waals surface area contributed by atoms with Crippen LogP contribution in [0.15, 0.2) is 58.5 Å². The Kier molecular flexibility index (Phi) is 6.81. The number of nitrogens with zero attached hydrogens (tertiary/aromatic N) is 3. The van der Waals surface area contributed by atoms with Gasteiger partial charge in [0.05, 0.1) is 21.1 Å². The number of thiophene rings is 1. The summed E-state index contributed by atoms with van der Waals surface area (Å²) in [6.07, 6.45) is 2.03. The molecule has 0 saturated heterocycles. The highest BCUT2D eigenvalue weighted by Gasteiger charge is 2.25. The lowest BCUT2D eigenvalue weighted by Crippen LogP contribution is -2.31. The molecule has 0 saturated carbocycles. The molecule has 1 aliphatic heterocycles. The predicted molar refractivity (Wildman–Crippen MR) is 141 cm³/mol. The van der Waals surface area contributed by atoms with Crippen LogP contribution in [0, 0.1) is 0 Å². The lowest BCUT2D eigenvalue weighted by molar-refractivity contribution is 0.258. The molecule has 1 aliphatic rings. The fourth-order valence-corrected chi connectivity index (χ4v) is 6.84. The van der Waals surface area contributed by atoms with E-state index in [1.807, 2.05) is 42.5 Å². The van der Waals surface area contributed by atoms with Gasteiger partial charge in [0.1, 0.15) is 4.83 Å². The molecule has 0 radical (unpaired) electrons. The van der Waals surface area contributed by atoms with Crippen LogP contribution in [0.5, 0.6) is 0 Å². The van der Waals surface area contributed by atoms with Crippen molar-refractivity contribution < 1.29 is 0 Å². The molecular formula is C25H23Cl2N3OS2. The zero-order valence-electron chi connectivity index (χ0n) is 18.2. The van der Waals surface area contributed by atoms with Crippen LogP contribution in [-0.2, 0) is 18.7 Å². The Morgan fingerprint density at radius 2 is 1.94 bits per heavy atom. The minimum Gasteiger partial charge on any atom is -0.298 e. The number of hydrogen-bond acceptors (Lipinski definition) is 5. The Balaban J connectivity index is 1.60. The van der Waals surface area contributed by atoms with Gasteiger partial charge in [-0.1, -0.05) is 66.2 Å². The van der Waals surface area contributed by atoms with Crippen LogP contribution in [0.25, 0.3) is 15.9 Å². The fraction of sp³-hybridized carbons (Fsp3) is 0.280. The first-order chi connectivity index (χ1) is 16.0. The molecule has 0 atom stereocenters. The summed E-state index contributed by atoms with van der Waals surface area (Å²) in [7, 11) is 0. The SMILES string of the molecule is CCCN1CCc2c(sc3nc(SCc4ccc(Cl)c(Cl)c4)n(-c4ccccc4)c(=O)c23)C1. The number of fused-ring (bicyclic) bond motifs is 3. The van der Waals surface area contributed by atoms with E-state index in [-0.39, 0.29) is 5.56 Å². The predicted octanol–water partition coefficient (Wildman–Crippen LogP) is 6.81. The van der Waals surface area contributed by atoms with Crippen molar-refractivity contribution in [2.75, 3.05) is 13.1 Å². The van der Waals surface area contributed by atoms with Crippen LogP contribution in [-0.4, -0.2) is 27.5 Å². The van der Waals surface area contributed by atoms with E-state index in [2.05, 4.69) is 11.8 Å². The standard InChI is InChI=1S/C25H23Cl2N3OS2/c1-2-11-29-12-10-18-21(14-29)33-23-22(18)24(31)30(17-6-4-3-5-7-17)25(28-23)32-15-16-8-9-19(26)20(27)13-16/h3-9,13H,2,10-12,14-15H2,1H3. The summed E-state index contributed by atoms with van der Waals surface area (Å²) in [5.74, 6) is 0.636. The molecule has 3 heterocycles. The Hall–Kier alpha value is -1.83. The van der Waals surface area contributed by atoms with Crippen molar-refractivity contribution in [3.63, 3.8) is 0 Å². The van der Waals surface area contributed by atoms with Gasteiger partial charge in [-0.2, -0.15) is 0 Å².